The Morgan fingerprint density at radius 1 is 1.20 bits per heavy atom. The molecule has 0 aliphatic carbocycles. The third-order valence-electron chi connectivity index (χ3n) is 2.49. The van der Waals surface area contributed by atoms with E-state index >= 15 is 0 Å². The molecule has 0 amide bonds. The molecule has 0 atom stereocenters. The van der Waals surface area contributed by atoms with Gasteiger partial charge in [-0.3, -0.25) is 0 Å². The fourth-order valence-corrected chi connectivity index (χ4v) is 3.22. The molecule has 2 rings (SSSR count). The fraction of sp³-hybridized carbons (Fsp3) is 0.231. The molecule has 0 aliphatic rings. The number of halogens is 1. The number of hydrogen-bond donors (Lipinski definition) is 0. The quantitative estimate of drug-likeness (QED) is 0.637. The van der Waals surface area contributed by atoms with E-state index in [0.717, 1.165) is 10.6 Å². The summed E-state index contributed by atoms with van der Waals surface area (Å²) >= 11 is 7.41. The standard InChI is InChI=1S/C13H13ClN2O2S2/c1-9-7-12(14)16-13(15-9)8-19-10-3-5-11(6-4-10)20(2,17)18/h3-7H,8H2,1-2H3. The normalized spacial score (nSPS) is 11.6. The van der Waals surface area contributed by atoms with Crippen molar-refractivity contribution >= 4 is 33.2 Å². The average Bonchev–Trinajstić information content (AvgIpc) is 2.35. The SMILES string of the molecule is Cc1cc(Cl)nc(CSc2ccc(S(C)(=O)=O)cc2)n1. The van der Waals surface area contributed by atoms with Crippen LogP contribution in [-0.2, 0) is 15.6 Å². The van der Waals surface area contributed by atoms with Gasteiger partial charge in [0.15, 0.2) is 9.84 Å². The maximum Gasteiger partial charge on any atom is 0.175 e. The van der Waals surface area contributed by atoms with Gasteiger partial charge in [0, 0.05) is 16.8 Å². The Balaban J connectivity index is 2.07. The molecule has 0 unspecified atom stereocenters. The predicted molar refractivity (Wildman–Crippen MR) is 80.9 cm³/mol. The van der Waals surface area contributed by atoms with Crippen LogP contribution >= 0.6 is 23.4 Å². The molecule has 0 bridgehead atoms. The maximum absolute atomic E-state index is 11.4. The molecule has 20 heavy (non-hydrogen) atoms. The smallest absolute Gasteiger partial charge is 0.175 e. The van der Waals surface area contributed by atoms with Crippen LogP contribution in [0.5, 0.6) is 0 Å². The summed E-state index contributed by atoms with van der Waals surface area (Å²) in [5.74, 6) is 1.24. The molecule has 1 heterocycles. The topological polar surface area (TPSA) is 59.9 Å². The van der Waals surface area contributed by atoms with Crippen molar-refractivity contribution in [1.29, 1.82) is 0 Å². The third kappa shape index (κ3) is 4.19. The summed E-state index contributed by atoms with van der Waals surface area (Å²) in [5, 5.41) is 0.431. The van der Waals surface area contributed by atoms with Crippen LogP contribution in [0, 0.1) is 6.92 Å². The lowest BCUT2D eigenvalue weighted by Crippen LogP contribution is -1.97. The zero-order valence-corrected chi connectivity index (χ0v) is 13.4. The van der Waals surface area contributed by atoms with E-state index in [2.05, 4.69) is 9.97 Å². The first-order valence-electron chi connectivity index (χ1n) is 5.77. The van der Waals surface area contributed by atoms with E-state index in [9.17, 15) is 8.42 Å². The first kappa shape index (κ1) is 15.3. The van der Waals surface area contributed by atoms with Crippen LogP contribution in [0.25, 0.3) is 0 Å². The number of hydrogen-bond acceptors (Lipinski definition) is 5. The molecule has 0 saturated carbocycles. The molecule has 4 nitrogen and oxygen atoms in total. The monoisotopic (exact) mass is 328 g/mol. The highest BCUT2D eigenvalue weighted by molar-refractivity contribution is 7.98. The van der Waals surface area contributed by atoms with E-state index in [0.29, 0.717) is 21.6 Å². The minimum Gasteiger partial charge on any atom is -0.237 e. The Kier molecular flexibility index (Phi) is 4.67. The van der Waals surface area contributed by atoms with Gasteiger partial charge in [-0.05, 0) is 37.3 Å². The maximum atomic E-state index is 11.4. The Morgan fingerprint density at radius 3 is 2.40 bits per heavy atom. The van der Waals surface area contributed by atoms with E-state index < -0.39 is 9.84 Å². The van der Waals surface area contributed by atoms with Crippen molar-refractivity contribution in [2.45, 2.75) is 22.5 Å². The Labute approximate surface area is 127 Å². The third-order valence-corrected chi connectivity index (χ3v) is 4.82. The number of aromatic nitrogens is 2. The van der Waals surface area contributed by atoms with E-state index in [1.54, 1.807) is 30.3 Å². The molecule has 106 valence electrons. The van der Waals surface area contributed by atoms with E-state index in [1.807, 2.05) is 6.92 Å². The predicted octanol–water partition coefficient (Wildman–Crippen LogP) is 3.13. The number of rotatable bonds is 4. The highest BCUT2D eigenvalue weighted by Crippen LogP contribution is 2.23. The number of nitrogens with zero attached hydrogens (tertiary/aromatic N) is 2. The van der Waals surface area contributed by atoms with Crippen LogP contribution in [0.1, 0.15) is 11.5 Å². The molecule has 1 aromatic carbocycles. The van der Waals surface area contributed by atoms with Gasteiger partial charge in [-0.1, -0.05) is 11.6 Å². The van der Waals surface area contributed by atoms with Gasteiger partial charge in [0.1, 0.15) is 11.0 Å². The van der Waals surface area contributed by atoms with Gasteiger partial charge in [-0.2, -0.15) is 0 Å². The van der Waals surface area contributed by atoms with Gasteiger partial charge in [-0.25, -0.2) is 18.4 Å². The van der Waals surface area contributed by atoms with Crippen LogP contribution in [0.2, 0.25) is 5.15 Å². The lowest BCUT2D eigenvalue weighted by molar-refractivity contribution is 0.602. The van der Waals surface area contributed by atoms with Gasteiger partial charge in [0.25, 0.3) is 0 Å². The molecule has 0 spiro atoms. The number of aryl methyl sites for hydroxylation is 1. The Hall–Kier alpha value is -1.11. The molecule has 0 radical (unpaired) electrons. The van der Waals surface area contributed by atoms with Gasteiger partial charge in [0.2, 0.25) is 0 Å². The number of benzene rings is 1. The summed E-state index contributed by atoms with van der Waals surface area (Å²) < 4.78 is 22.7. The zero-order valence-electron chi connectivity index (χ0n) is 11.0. The summed E-state index contributed by atoms with van der Waals surface area (Å²) in [5.41, 5.74) is 0.827. The summed E-state index contributed by atoms with van der Waals surface area (Å²) in [6.07, 6.45) is 1.19. The van der Waals surface area contributed by atoms with Gasteiger partial charge < -0.3 is 0 Å². The molecule has 1 aromatic heterocycles. The molecule has 7 heteroatoms. The largest absolute Gasteiger partial charge is 0.237 e. The summed E-state index contributed by atoms with van der Waals surface area (Å²) in [7, 11) is -3.15. The summed E-state index contributed by atoms with van der Waals surface area (Å²) in [6, 6.07) is 8.46. The Morgan fingerprint density at radius 2 is 1.85 bits per heavy atom. The molecule has 0 fully saturated rings. The first-order chi connectivity index (χ1) is 9.34. The second-order valence-corrected chi connectivity index (χ2v) is 7.73. The van der Waals surface area contributed by atoms with Crippen molar-refractivity contribution in [3.05, 3.63) is 47.0 Å². The van der Waals surface area contributed by atoms with Crippen LogP contribution < -0.4 is 0 Å². The minimum absolute atomic E-state index is 0.316. The van der Waals surface area contributed by atoms with Crippen LogP contribution in [0.4, 0.5) is 0 Å². The fourth-order valence-electron chi connectivity index (χ4n) is 1.58. The van der Waals surface area contributed by atoms with E-state index in [4.69, 9.17) is 11.6 Å². The van der Waals surface area contributed by atoms with Crippen molar-refractivity contribution in [3.8, 4) is 0 Å². The second kappa shape index (κ2) is 6.11. The molecule has 2 aromatic rings. The number of sulfone groups is 1. The lowest BCUT2D eigenvalue weighted by atomic mass is 10.4. The Bertz CT molecular complexity index is 695. The highest BCUT2D eigenvalue weighted by atomic mass is 35.5. The van der Waals surface area contributed by atoms with Gasteiger partial charge in [-0.15, -0.1) is 11.8 Å². The second-order valence-electron chi connectivity index (χ2n) is 4.28. The van der Waals surface area contributed by atoms with E-state index in [-0.39, 0.29) is 0 Å². The molecule has 0 aliphatic heterocycles. The first-order valence-corrected chi connectivity index (χ1v) is 9.03. The molecule has 0 N–H and O–H groups in total. The highest BCUT2D eigenvalue weighted by Gasteiger charge is 2.07. The zero-order chi connectivity index (χ0) is 14.8. The molecular weight excluding hydrogens is 316 g/mol. The average molecular weight is 329 g/mol. The van der Waals surface area contributed by atoms with Crippen LogP contribution in [-0.4, -0.2) is 24.6 Å². The summed E-state index contributed by atoms with van der Waals surface area (Å²) in [4.78, 5) is 9.71. The van der Waals surface area contributed by atoms with Crippen molar-refractivity contribution in [2.75, 3.05) is 6.26 Å². The van der Waals surface area contributed by atoms with Crippen molar-refractivity contribution < 1.29 is 8.42 Å². The minimum atomic E-state index is -3.15. The van der Waals surface area contributed by atoms with Crippen molar-refractivity contribution in [1.82, 2.24) is 9.97 Å². The van der Waals surface area contributed by atoms with Crippen molar-refractivity contribution in [3.63, 3.8) is 0 Å². The van der Waals surface area contributed by atoms with Crippen LogP contribution in [0.3, 0.4) is 0 Å². The lowest BCUT2D eigenvalue weighted by Gasteiger charge is -2.04. The van der Waals surface area contributed by atoms with E-state index in [1.165, 1.54) is 18.0 Å². The van der Waals surface area contributed by atoms with Crippen LogP contribution in [0.15, 0.2) is 40.1 Å². The van der Waals surface area contributed by atoms with Gasteiger partial charge in [0.05, 0.1) is 10.6 Å². The van der Waals surface area contributed by atoms with Gasteiger partial charge >= 0.3 is 0 Å². The molecular formula is C13H13ClN2O2S2. The summed E-state index contributed by atoms with van der Waals surface area (Å²) in [6.45, 7) is 1.86. The molecule has 0 saturated heterocycles. The van der Waals surface area contributed by atoms with Crippen molar-refractivity contribution in [2.24, 2.45) is 0 Å². The number of thioether (sulfide) groups is 1.